The Bertz CT molecular complexity index is 1160. The second-order valence-corrected chi connectivity index (χ2v) is 6.86. The molecule has 1 aromatic heterocycles. The SMILES string of the molecule is Cc1cccc(N2C(=O)NC(=O)/C(=C/c3ccn(-c4ccccc4)c3)C2=O)c1C. The van der Waals surface area contributed by atoms with Crippen molar-refractivity contribution in [2.45, 2.75) is 13.8 Å². The largest absolute Gasteiger partial charge is 0.335 e. The van der Waals surface area contributed by atoms with E-state index in [2.05, 4.69) is 5.32 Å². The number of barbiturate groups is 1. The number of rotatable bonds is 3. The predicted octanol–water partition coefficient (Wildman–Crippen LogP) is 3.76. The third-order valence-electron chi connectivity index (χ3n) is 5.00. The van der Waals surface area contributed by atoms with Gasteiger partial charge in [0.05, 0.1) is 5.69 Å². The Hall–Kier alpha value is -3.93. The van der Waals surface area contributed by atoms with E-state index >= 15 is 0 Å². The van der Waals surface area contributed by atoms with E-state index < -0.39 is 17.8 Å². The van der Waals surface area contributed by atoms with Gasteiger partial charge in [0, 0.05) is 18.1 Å². The monoisotopic (exact) mass is 385 g/mol. The Labute approximate surface area is 168 Å². The van der Waals surface area contributed by atoms with Gasteiger partial charge in [-0.25, -0.2) is 9.69 Å². The number of imide groups is 2. The second-order valence-electron chi connectivity index (χ2n) is 6.86. The molecule has 29 heavy (non-hydrogen) atoms. The van der Waals surface area contributed by atoms with Gasteiger partial charge in [-0.3, -0.25) is 14.9 Å². The maximum Gasteiger partial charge on any atom is 0.335 e. The first-order valence-electron chi connectivity index (χ1n) is 9.17. The first-order valence-corrected chi connectivity index (χ1v) is 9.17. The molecule has 3 aromatic rings. The normalized spacial score (nSPS) is 15.7. The van der Waals surface area contributed by atoms with Crippen LogP contribution in [0.4, 0.5) is 10.5 Å². The van der Waals surface area contributed by atoms with Crippen molar-refractivity contribution in [3.63, 3.8) is 0 Å². The minimum absolute atomic E-state index is 0.0867. The molecule has 0 atom stereocenters. The van der Waals surface area contributed by atoms with Crippen molar-refractivity contribution in [2.24, 2.45) is 0 Å². The summed E-state index contributed by atoms with van der Waals surface area (Å²) in [5.41, 5.74) is 3.78. The van der Waals surface area contributed by atoms with Crippen LogP contribution in [0.5, 0.6) is 0 Å². The van der Waals surface area contributed by atoms with Crippen LogP contribution in [0.3, 0.4) is 0 Å². The zero-order valence-electron chi connectivity index (χ0n) is 16.0. The van der Waals surface area contributed by atoms with Crippen molar-refractivity contribution >= 4 is 29.6 Å². The van der Waals surface area contributed by atoms with E-state index in [1.165, 1.54) is 6.08 Å². The van der Waals surface area contributed by atoms with Gasteiger partial charge in [0.25, 0.3) is 11.8 Å². The number of anilines is 1. The number of hydrogen-bond donors (Lipinski definition) is 1. The molecule has 0 saturated carbocycles. The van der Waals surface area contributed by atoms with Crippen molar-refractivity contribution in [3.05, 3.63) is 89.3 Å². The average Bonchev–Trinajstić information content (AvgIpc) is 3.18. The van der Waals surface area contributed by atoms with Crippen LogP contribution in [0.2, 0.25) is 0 Å². The van der Waals surface area contributed by atoms with Crippen molar-refractivity contribution in [1.29, 1.82) is 0 Å². The molecule has 0 bridgehead atoms. The molecule has 0 unspecified atom stereocenters. The number of hydrogen-bond acceptors (Lipinski definition) is 3. The van der Waals surface area contributed by atoms with E-state index in [0.717, 1.165) is 21.7 Å². The number of para-hydroxylation sites is 1. The van der Waals surface area contributed by atoms with E-state index in [4.69, 9.17) is 0 Å². The highest BCUT2D eigenvalue weighted by molar-refractivity contribution is 6.39. The van der Waals surface area contributed by atoms with Crippen LogP contribution in [0.25, 0.3) is 11.8 Å². The molecule has 0 spiro atoms. The number of aryl methyl sites for hydroxylation is 1. The smallest absolute Gasteiger partial charge is 0.323 e. The van der Waals surface area contributed by atoms with Gasteiger partial charge in [0.1, 0.15) is 5.57 Å². The van der Waals surface area contributed by atoms with Crippen LogP contribution in [-0.4, -0.2) is 22.4 Å². The molecular formula is C23H19N3O3. The Morgan fingerprint density at radius 2 is 1.66 bits per heavy atom. The van der Waals surface area contributed by atoms with Gasteiger partial charge in [0.2, 0.25) is 0 Å². The lowest BCUT2D eigenvalue weighted by Crippen LogP contribution is -2.54. The highest BCUT2D eigenvalue weighted by Crippen LogP contribution is 2.27. The maximum atomic E-state index is 13.1. The van der Waals surface area contributed by atoms with E-state index in [0.29, 0.717) is 11.3 Å². The topological polar surface area (TPSA) is 71.4 Å². The summed E-state index contributed by atoms with van der Waals surface area (Å²) in [5, 5.41) is 2.27. The minimum atomic E-state index is -0.743. The Kier molecular flexibility index (Phi) is 4.60. The number of aromatic nitrogens is 1. The molecule has 1 aliphatic rings. The van der Waals surface area contributed by atoms with Gasteiger partial charge in [-0.2, -0.15) is 0 Å². The van der Waals surface area contributed by atoms with Crippen molar-refractivity contribution in [3.8, 4) is 5.69 Å². The summed E-state index contributed by atoms with van der Waals surface area (Å²) in [6, 6.07) is 16.1. The molecule has 1 fully saturated rings. The zero-order chi connectivity index (χ0) is 20.5. The molecule has 0 aliphatic carbocycles. The van der Waals surface area contributed by atoms with Crippen LogP contribution < -0.4 is 10.2 Å². The molecule has 4 rings (SSSR count). The fourth-order valence-corrected chi connectivity index (χ4v) is 3.28. The quantitative estimate of drug-likeness (QED) is 0.551. The van der Waals surface area contributed by atoms with Crippen LogP contribution in [-0.2, 0) is 9.59 Å². The first kappa shape index (κ1) is 18.4. The van der Waals surface area contributed by atoms with Crippen molar-refractivity contribution in [2.75, 3.05) is 4.90 Å². The second kappa shape index (κ2) is 7.24. The molecule has 1 N–H and O–H groups in total. The van der Waals surface area contributed by atoms with Gasteiger partial charge < -0.3 is 4.57 Å². The third kappa shape index (κ3) is 3.36. The number of carbonyl (C=O) groups excluding carboxylic acids is 3. The number of carbonyl (C=O) groups is 3. The lowest BCUT2D eigenvalue weighted by molar-refractivity contribution is -0.122. The van der Waals surface area contributed by atoms with Gasteiger partial charge >= 0.3 is 6.03 Å². The highest BCUT2D eigenvalue weighted by atomic mass is 16.2. The molecule has 0 radical (unpaired) electrons. The molecule has 1 aliphatic heterocycles. The fourth-order valence-electron chi connectivity index (χ4n) is 3.28. The number of urea groups is 1. The van der Waals surface area contributed by atoms with Crippen molar-refractivity contribution < 1.29 is 14.4 Å². The van der Waals surface area contributed by atoms with Crippen LogP contribution in [0.15, 0.2) is 72.6 Å². The van der Waals surface area contributed by atoms with Crippen LogP contribution in [0.1, 0.15) is 16.7 Å². The van der Waals surface area contributed by atoms with Gasteiger partial charge in [0.15, 0.2) is 0 Å². The highest BCUT2D eigenvalue weighted by Gasteiger charge is 2.37. The van der Waals surface area contributed by atoms with Gasteiger partial charge in [-0.1, -0.05) is 30.3 Å². The zero-order valence-corrected chi connectivity index (χ0v) is 16.0. The minimum Gasteiger partial charge on any atom is -0.323 e. The summed E-state index contributed by atoms with van der Waals surface area (Å²) in [5.74, 6) is -1.34. The summed E-state index contributed by atoms with van der Waals surface area (Å²) >= 11 is 0. The maximum absolute atomic E-state index is 13.1. The fraction of sp³-hybridized carbons (Fsp3) is 0.0870. The molecule has 2 aromatic carbocycles. The average molecular weight is 385 g/mol. The van der Waals surface area contributed by atoms with E-state index in [1.54, 1.807) is 18.2 Å². The molecule has 1 saturated heterocycles. The number of nitrogens with one attached hydrogen (secondary N) is 1. The van der Waals surface area contributed by atoms with E-state index in [1.807, 2.05) is 67.2 Å². The molecule has 4 amide bonds. The van der Waals surface area contributed by atoms with E-state index in [9.17, 15) is 14.4 Å². The summed E-state index contributed by atoms with van der Waals surface area (Å²) in [4.78, 5) is 38.9. The predicted molar refractivity (Wildman–Crippen MR) is 111 cm³/mol. The summed E-state index contributed by atoms with van der Waals surface area (Å²) in [6.45, 7) is 3.74. The van der Waals surface area contributed by atoms with E-state index in [-0.39, 0.29) is 5.57 Å². The molecule has 2 heterocycles. The Balaban J connectivity index is 1.71. The summed E-state index contributed by atoms with van der Waals surface area (Å²) < 4.78 is 1.89. The summed E-state index contributed by atoms with van der Waals surface area (Å²) in [7, 11) is 0. The van der Waals surface area contributed by atoms with Crippen molar-refractivity contribution in [1.82, 2.24) is 9.88 Å². The lowest BCUT2D eigenvalue weighted by Gasteiger charge is -2.28. The molecular weight excluding hydrogens is 366 g/mol. The number of benzene rings is 2. The number of amides is 4. The van der Waals surface area contributed by atoms with Crippen LogP contribution >= 0.6 is 0 Å². The molecule has 6 nitrogen and oxygen atoms in total. The molecule has 144 valence electrons. The Morgan fingerprint density at radius 3 is 2.41 bits per heavy atom. The summed E-state index contributed by atoms with van der Waals surface area (Å²) in [6.07, 6.45) is 5.17. The van der Waals surface area contributed by atoms with Gasteiger partial charge in [-0.05, 0) is 60.9 Å². The Morgan fingerprint density at radius 1 is 0.897 bits per heavy atom. The van der Waals surface area contributed by atoms with Gasteiger partial charge in [-0.15, -0.1) is 0 Å². The third-order valence-corrected chi connectivity index (χ3v) is 5.00. The first-order chi connectivity index (χ1) is 14.0. The number of nitrogens with zero attached hydrogens (tertiary/aromatic N) is 2. The lowest BCUT2D eigenvalue weighted by atomic mass is 10.0. The van der Waals surface area contributed by atoms with Crippen LogP contribution in [0, 0.1) is 13.8 Å². The standard InChI is InChI=1S/C23H19N3O3/c1-15-7-6-10-20(16(15)2)26-22(28)19(21(27)24-23(26)29)13-17-11-12-25(14-17)18-8-4-3-5-9-18/h3-14H,1-2H3,(H,24,27,29)/b19-13-. The molecule has 6 heteroatoms.